The third-order valence-electron chi connectivity index (χ3n) is 4.89. The molecule has 0 saturated carbocycles. The third kappa shape index (κ3) is 6.51. The molecule has 2 heterocycles. The summed E-state index contributed by atoms with van der Waals surface area (Å²) in [5.74, 6) is 0.984. The Balaban J connectivity index is 1.47. The van der Waals surface area contributed by atoms with E-state index in [1.807, 2.05) is 11.8 Å². The number of carbonyl (C=O) groups excluding carboxylic acids is 1. The van der Waals surface area contributed by atoms with Gasteiger partial charge in [0.25, 0.3) is 0 Å². The van der Waals surface area contributed by atoms with Gasteiger partial charge < -0.3 is 21.9 Å². The van der Waals surface area contributed by atoms with Crippen LogP contribution in [0.4, 0.5) is 0 Å². The topological polar surface area (TPSA) is 131 Å². The molecule has 0 bridgehead atoms. The lowest BCUT2D eigenvalue weighted by atomic mass is 10.0. The number of thioether (sulfide) groups is 1. The number of nitrogens with one attached hydrogen (secondary N) is 1. The van der Waals surface area contributed by atoms with Crippen LogP contribution in [0.15, 0.2) is 4.99 Å². The molecule has 8 heteroatoms. The first kappa shape index (κ1) is 20.0. The van der Waals surface area contributed by atoms with E-state index in [0.717, 1.165) is 44.3 Å². The first-order valence-corrected chi connectivity index (χ1v) is 10.2. The Hall–Kier alpha value is -1.28. The molecule has 25 heavy (non-hydrogen) atoms. The van der Waals surface area contributed by atoms with Gasteiger partial charge in [0.15, 0.2) is 5.96 Å². The second-order valence-corrected chi connectivity index (χ2v) is 8.23. The van der Waals surface area contributed by atoms with Crippen molar-refractivity contribution in [2.24, 2.45) is 16.5 Å². The van der Waals surface area contributed by atoms with Crippen LogP contribution in [0.25, 0.3) is 0 Å². The lowest BCUT2D eigenvalue weighted by molar-refractivity contribution is -0.138. The first-order chi connectivity index (χ1) is 12.0. The molecule has 0 unspecified atom stereocenters. The van der Waals surface area contributed by atoms with Gasteiger partial charge in [-0.25, -0.2) is 4.99 Å². The molecule has 142 valence electrons. The van der Waals surface area contributed by atoms with Gasteiger partial charge in [-0.05, 0) is 25.7 Å². The molecule has 6 N–H and O–H groups in total. The number of Topliss-reactive ketones (excluding diaryl/α,β-unsaturated/α-hetero) is 1. The van der Waals surface area contributed by atoms with Gasteiger partial charge in [0, 0.05) is 23.8 Å². The average molecular weight is 371 g/mol. The lowest BCUT2D eigenvalue weighted by Crippen LogP contribution is -2.38. The van der Waals surface area contributed by atoms with Gasteiger partial charge >= 0.3 is 5.97 Å². The highest BCUT2D eigenvalue weighted by atomic mass is 32.2. The van der Waals surface area contributed by atoms with Gasteiger partial charge in [-0.1, -0.05) is 19.3 Å². The maximum Gasteiger partial charge on any atom is 0.320 e. The Morgan fingerprint density at radius 2 is 1.96 bits per heavy atom. The summed E-state index contributed by atoms with van der Waals surface area (Å²) in [5.41, 5.74) is 11.2. The fourth-order valence-electron chi connectivity index (χ4n) is 3.40. The monoisotopic (exact) mass is 370 g/mol. The van der Waals surface area contributed by atoms with Crippen LogP contribution in [0.2, 0.25) is 0 Å². The second kappa shape index (κ2) is 10.0. The normalized spacial score (nSPS) is 26.0. The van der Waals surface area contributed by atoms with Gasteiger partial charge in [-0.15, -0.1) is 0 Å². The molecule has 1 fully saturated rings. The molecule has 0 aromatic carbocycles. The zero-order valence-electron chi connectivity index (χ0n) is 14.7. The van der Waals surface area contributed by atoms with E-state index in [1.54, 1.807) is 0 Å². The van der Waals surface area contributed by atoms with Gasteiger partial charge in [0.1, 0.15) is 11.8 Å². The summed E-state index contributed by atoms with van der Waals surface area (Å²) < 4.78 is 0. The van der Waals surface area contributed by atoms with E-state index in [-0.39, 0.29) is 0 Å². The minimum Gasteiger partial charge on any atom is -0.480 e. The molecule has 1 saturated heterocycles. The van der Waals surface area contributed by atoms with Gasteiger partial charge in [0.2, 0.25) is 0 Å². The standard InChI is InChI=1S/C17H30N4O3S/c18-12(16(23)24)8-3-1-2-6-11(22)7-4-5-9-14-15-13(10-25-14)20-17(19)21-15/h12-15H,1-10,18H2,(H,23,24)(H3,19,20,21)/t12-,13-,14-,15-/m0/s1. The number of nitrogens with two attached hydrogens (primary N) is 2. The smallest absolute Gasteiger partial charge is 0.320 e. The number of carbonyl (C=O) groups is 2. The molecule has 0 radical (unpaired) electrons. The number of fused-ring (bicyclic) bond motifs is 1. The Morgan fingerprint density at radius 3 is 2.68 bits per heavy atom. The maximum absolute atomic E-state index is 11.9. The molecule has 0 amide bonds. The Bertz CT molecular complexity index is 500. The lowest BCUT2D eigenvalue weighted by Gasteiger charge is -2.14. The van der Waals surface area contributed by atoms with E-state index in [4.69, 9.17) is 16.6 Å². The van der Waals surface area contributed by atoms with Crippen molar-refractivity contribution in [2.45, 2.75) is 81.2 Å². The fraction of sp³-hybridized carbons (Fsp3) is 0.824. The Kier molecular flexibility index (Phi) is 8.02. The number of rotatable bonds is 12. The molecule has 0 aromatic rings. The van der Waals surface area contributed by atoms with Crippen LogP contribution in [0.3, 0.4) is 0 Å². The minimum atomic E-state index is -0.954. The number of aliphatic carboxylic acids is 1. The van der Waals surface area contributed by atoms with Crippen LogP contribution in [-0.4, -0.2) is 51.9 Å². The van der Waals surface area contributed by atoms with Crippen LogP contribution in [-0.2, 0) is 9.59 Å². The van der Waals surface area contributed by atoms with Crippen LogP contribution >= 0.6 is 11.8 Å². The van der Waals surface area contributed by atoms with Crippen molar-refractivity contribution in [1.29, 1.82) is 0 Å². The maximum atomic E-state index is 11.9. The number of hydrogen-bond donors (Lipinski definition) is 4. The quantitative estimate of drug-likeness (QED) is 0.380. The van der Waals surface area contributed by atoms with Gasteiger partial charge in [0.05, 0.1) is 12.1 Å². The van der Waals surface area contributed by atoms with E-state index in [9.17, 15) is 9.59 Å². The SMILES string of the molecule is NC1=N[C@H]2[C@H](CS[C@H]2CCCCC(=O)CCCCC[C@H](N)C(=O)O)N1. The summed E-state index contributed by atoms with van der Waals surface area (Å²) in [6, 6.07) is -0.0812. The van der Waals surface area contributed by atoms with Crippen molar-refractivity contribution < 1.29 is 14.7 Å². The van der Waals surface area contributed by atoms with Crippen molar-refractivity contribution >= 4 is 29.5 Å². The molecule has 2 aliphatic heterocycles. The molecule has 0 spiro atoms. The molecule has 0 aromatic heterocycles. The third-order valence-corrected chi connectivity index (χ3v) is 6.38. The number of carboxylic acids is 1. The van der Waals surface area contributed by atoms with Crippen molar-refractivity contribution in [3.63, 3.8) is 0 Å². The van der Waals surface area contributed by atoms with Crippen LogP contribution in [0, 0.1) is 0 Å². The average Bonchev–Trinajstić information content (AvgIpc) is 3.10. The van der Waals surface area contributed by atoms with Gasteiger partial charge in [-0.3, -0.25) is 9.59 Å². The summed E-state index contributed by atoms with van der Waals surface area (Å²) in [5, 5.41) is 12.4. The van der Waals surface area contributed by atoms with E-state index in [0.29, 0.717) is 48.3 Å². The highest BCUT2D eigenvalue weighted by molar-refractivity contribution is 8.00. The van der Waals surface area contributed by atoms with Crippen molar-refractivity contribution in [3.05, 3.63) is 0 Å². The predicted octanol–water partition coefficient (Wildman–Crippen LogP) is 1.25. The second-order valence-electron chi connectivity index (χ2n) is 6.96. The summed E-state index contributed by atoms with van der Waals surface area (Å²) >= 11 is 1.96. The highest BCUT2D eigenvalue weighted by Crippen LogP contribution is 2.35. The Morgan fingerprint density at radius 1 is 1.24 bits per heavy atom. The number of nitrogens with zero attached hydrogens (tertiary/aromatic N) is 1. The largest absolute Gasteiger partial charge is 0.480 e. The summed E-state index contributed by atoms with van der Waals surface area (Å²) in [6.07, 6.45) is 7.24. The molecular weight excluding hydrogens is 340 g/mol. The summed E-state index contributed by atoms with van der Waals surface area (Å²) in [4.78, 5) is 27.0. The van der Waals surface area contributed by atoms with Gasteiger partial charge in [-0.2, -0.15) is 11.8 Å². The number of hydrogen-bond acceptors (Lipinski definition) is 7. The van der Waals surface area contributed by atoms with E-state index < -0.39 is 12.0 Å². The van der Waals surface area contributed by atoms with Crippen LogP contribution in [0.5, 0.6) is 0 Å². The van der Waals surface area contributed by atoms with Crippen LogP contribution in [0.1, 0.15) is 57.8 Å². The summed E-state index contributed by atoms with van der Waals surface area (Å²) in [6.45, 7) is 0. The number of carboxylic acid groups (broad SMARTS) is 1. The molecule has 4 atom stereocenters. The Labute approximate surface area is 153 Å². The molecule has 0 aliphatic carbocycles. The first-order valence-electron chi connectivity index (χ1n) is 9.19. The number of guanidine groups is 1. The minimum absolute atomic E-state index is 0.304. The zero-order chi connectivity index (χ0) is 18.2. The van der Waals surface area contributed by atoms with E-state index >= 15 is 0 Å². The molecule has 7 nitrogen and oxygen atoms in total. The zero-order valence-corrected chi connectivity index (χ0v) is 15.5. The van der Waals surface area contributed by atoms with Crippen LogP contribution < -0.4 is 16.8 Å². The van der Waals surface area contributed by atoms with E-state index in [1.165, 1.54) is 0 Å². The van der Waals surface area contributed by atoms with Crippen molar-refractivity contribution in [3.8, 4) is 0 Å². The molecular formula is C17H30N4O3S. The predicted molar refractivity (Wildman–Crippen MR) is 101 cm³/mol. The summed E-state index contributed by atoms with van der Waals surface area (Å²) in [7, 11) is 0. The highest BCUT2D eigenvalue weighted by Gasteiger charge is 2.39. The molecule has 2 rings (SSSR count). The number of aliphatic imine (C=N–C) groups is 1. The van der Waals surface area contributed by atoms with E-state index in [2.05, 4.69) is 10.3 Å². The molecule has 2 aliphatic rings. The van der Waals surface area contributed by atoms with Crippen molar-refractivity contribution in [1.82, 2.24) is 5.32 Å². The number of ketones is 1. The van der Waals surface area contributed by atoms with Crippen molar-refractivity contribution in [2.75, 3.05) is 5.75 Å². The number of unbranched alkanes of at least 4 members (excludes halogenated alkanes) is 3. The fourth-order valence-corrected chi connectivity index (χ4v) is 4.92.